The molecule has 1 aliphatic carbocycles. The second kappa shape index (κ2) is 5.53. The number of pyridine rings is 1. The fourth-order valence-electron chi connectivity index (χ4n) is 3.52. The minimum Gasteiger partial charge on any atom is -0.396 e. The summed E-state index contributed by atoms with van der Waals surface area (Å²) in [4.78, 5) is 4.37. The van der Waals surface area contributed by atoms with Crippen molar-refractivity contribution in [3.8, 4) is 0 Å². The number of aromatic nitrogens is 1. The van der Waals surface area contributed by atoms with E-state index in [1.165, 1.54) is 6.42 Å². The first-order valence-electron chi connectivity index (χ1n) is 7.66. The summed E-state index contributed by atoms with van der Waals surface area (Å²) in [5, 5.41) is 14.6. The Morgan fingerprint density at radius 3 is 3.00 bits per heavy atom. The van der Waals surface area contributed by atoms with Crippen LogP contribution in [-0.2, 0) is 0 Å². The van der Waals surface area contributed by atoms with E-state index in [-0.39, 0.29) is 12.1 Å². The standard InChI is InChI=1S/C17H23N3O/c1-12-5-4-8-17(9-12,11-21)20-16-13-6-2-3-7-15(13)19-10-14(16)18/h2-3,6-7,10,12,21H,4-5,8-9,11,18H2,1H3,(H,19,20). The van der Waals surface area contributed by atoms with Crippen LogP contribution in [0.15, 0.2) is 30.5 Å². The lowest BCUT2D eigenvalue weighted by Gasteiger charge is -2.40. The Morgan fingerprint density at radius 2 is 2.24 bits per heavy atom. The molecule has 112 valence electrons. The zero-order chi connectivity index (χ0) is 14.9. The summed E-state index contributed by atoms with van der Waals surface area (Å²) in [5.41, 5.74) is 8.34. The molecule has 1 heterocycles. The molecule has 1 saturated carbocycles. The van der Waals surface area contributed by atoms with Crippen LogP contribution in [0, 0.1) is 5.92 Å². The zero-order valence-corrected chi connectivity index (χ0v) is 12.5. The van der Waals surface area contributed by atoms with Crippen LogP contribution in [0.5, 0.6) is 0 Å². The van der Waals surface area contributed by atoms with Crippen molar-refractivity contribution in [2.75, 3.05) is 17.7 Å². The quantitative estimate of drug-likeness (QED) is 0.810. The molecule has 21 heavy (non-hydrogen) atoms. The summed E-state index contributed by atoms with van der Waals surface area (Å²) >= 11 is 0. The van der Waals surface area contributed by atoms with Gasteiger partial charge in [-0.25, -0.2) is 0 Å². The number of anilines is 2. The van der Waals surface area contributed by atoms with E-state index >= 15 is 0 Å². The fraction of sp³-hybridized carbons (Fsp3) is 0.471. The van der Waals surface area contributed by atoms with Crippen molar-refractivity contribution in [1.82, 2.24) is 4.98 Å². The van der Waals surface area contributed by atoms with Gasteiger partial charge in [0.1, 0.15) is 0 Å². The van der Waals surface area contributed by atoms with Gasteiger partial charge < -0.3 is 16.2 Å². The summed E-state index contributed by atoms with van der Waals surface area (Å²) in [7, 11) is 0. The van der Waals surface area contributed by atoms with Gasteiger partial charge in [-0.05, 0) is 24.8 Å². The van der Waals surface area contributed by atoms with Crippen LogP contribution in [0.25, 0.3) is 10.9 Å². The van der Waals surface area contributed by atoms with Crippen LogP contribution in [0.2, 0.25) is 0 Å². The monoisotopic (exact) mass is 285 g/mol. The number of fused-ring (bicyclic) bond motifs is 1. The Labute approximate surface area is 125 Å². The number of nitrogen functional groups attached to an aromatic ring is 1. The van der Waals surface area contributed by atoms with Gasteiger partial charge in [0.15, 0.2) is 0 Å². The van der Waals surface area contributed by atoms with Crippen LogP contribution >= 0.6 is 0 Å². The molecule has 1 aromatic heterocycles. The summed E-state index contributed by atoms with van der Waals surface area (Å²) in [5.74, 6) is 0.618. The first kappa shape index (κ1) is 14.1. The third-order valence-electron chi connectivity index (χ3n) is 4.59. The molecule has 1 aliphatic rings. The number of benzene rings is 1. The van der Waals surface area contributed by atoms with E-state index in [2.05, 4.69) is 17.2 Å². The van der Waals surface area contributed by atoms with Crippen LogP contribution < -0.4 is 11.1 Å². The van der Waals surface area contributed by atoms with E-state index in [0.29, 0.717) is 11.6 Å². The Kier molecular flexibility index (Phi) is 3.72. The largest absolute Gasteiger partial charge is 0.396 e. The van der Waals surface area contributed by atoms with Crippen molar-refractivity contribution < 1.29 is 5.11 Å². The molecule has 0 amide bonds. The first-order chi connectivity index (χ1) is 10.1. The molecule has 1 fully saturated rings. The van der Waals surface area contributed by atoms with Gasteiger partial charge >= 0.3 is 0 Å². The second-order valence-electron chi connectivity index (χ2n) is 6.37. The summed E-state index contributed by atoms with van der Waals surface area (Å²) in [6.45, 7) is 2.38. The number of rotatable bonds is 3. The van der Waals surface area contributed by atoms with Crippen molar-refractivity contribution in [3.63, 3.8) is 0 Å². The summed E-state index contributed by atoms with van der Waals surface area (Å²) in [6.07, 6.45) is 6.01. The highest BCUT2D eigenvalue weighted by atomic mass is 16.3. The molecule has 4 N–H and O–H groups in total. The van der Waals surface area contributed by atoms with Gasteiger partial charge in [-0.1, -0.05) is 38.0 Å². The van der Waals surface area contributed by atoms with Crippen molar-refractivity contribution in [2.45, 2.75) is 38.1 Å². The van der Waals surface area contributed by atoms with Gasteiger partial charge in [0.05, 0.1) is 35.2 Å². The second-order valence-corrected chi connectivity index (χ2v) is 6.37. The highest BCUT2D eigenvalue weighted by molar-refractivity contribution is 5.97. The van der Waals surface area contributed by atoms with Crippen LogP contribution in [0.3, 0.4) is 0 Å². The number of nitrogens with one attached hydrogen (secondary N) is 1. The number of aliphatic hydroxyl groups is 1. The molecule has 0 spiro atoms. The average molecular weight is 285 g/mol. The topological polar surface area (TPSA) is 71.2 Å². The number of hydrogen-bond donors (Lipinski definition) is 3. The van der Waals surface area contributed by atoms with Gasteiger partial charge in [0.2, 0.25) is 0 Å². The lowest BCUT2D eigenvalue weighted by molar-refractivity contribution is 0.150. The molecule has 4 heteroatoms. The summed E-state index contributed by atoms with van der Waals surface area (Å²) < 4.78 is 0. The highest BCUT2D eigenvalue weighted by Gasteiger charge is 2.35. The summed E-state index contributed by atoms with van der Waals surface area (Å²) in [6, 6.07) is 7.97. The highest BCUT2D eigenvalue weighted by Crippen LogP contribution is 2.38. The smallest absolute Gasteiger partial charge is 0.0743 e. The molecule has 0 bridgehead atoms. The van der Waals surface area contributed by atoms with E-state index in [1.54, 1.807) is 6.20 Å². The maximum Gasteiger partial charge on any atom is 0.0743 e. The van der Waals surface area contributed by atoms with E-state index in [0.717, 1.165) is 35.9 Å². The van der Waals surface area contributed by atoms with Gasteiger partial charge in [0.25, 0.3) is 0 Å². The van der Waals surface area contributed by atoms with E-state index in [9.17, 15) is 5.11 Å². The van der Waals surface area contributed by atoms with Crippen LogP contribution in [-0.4, -0.2) is 22.2 Å². The van der Waals surface area contributed by atoms with Crippen molar-refractivity contribution >= 4 is 22.3 Å². The lowest BCUT2D eigenvalue weighted by atomic mass is 9.76. The molecule has 0 saturated heterocycles. The minimum atomic E-state index is -0.268. The molecule has 3 rings (SSSR count). The molecular formula is C17H23N3O. The third-order valence-corrected chi connectivity index (χ3v) is 4.59. The number of aliphatic hydroxyl groups excluding tert-OH is 1. The molecule has 2 atom stereocenters. The van der Waals surface area contributed by atoms with Gasteiger partial charge in [0, 0.05) is 5.39 Å². The molecule has 2 unspecified atom stereocenters. The SMILES string of the molecule is CC1CCCC(CO)(Nc2c(N)cnc3ccccc23)C1. The maximum atomic E-state index is 9.96. The normalized spacial score (nSPS) is 25.9. The first-order valence-corrected chi connectivity index (χ1v) is 7.66. The van der Waals surface area contributed by atoms with E-state index in [4.69, 9.17) is 5.73 Å². The average Bonchev–Trinajstić information content (AvgIpc) is 2.50. The predicted molar refractivity (Wildman–Crippen MR) is 87.2 cm³/mol. The predicted octanol–water partition coefficient (Wildman–Crippen LogP) is 3.17. The zero-order valence-electron chi connectivity index (χ0n) is 12.5. The van der Waals surface area contributed by atoms with E-state index < -0.39 is 0 Å². The van der Waals surface area contributed by atoms with Crippen molar-refractivity contribution in [3.05, 3.63) is 30.5 Å². The molecule has 1 aromatic carbocycles. The number of nitrogens with zero attached hydrogens (tertiary/aromatic N) is 1. The number of para-hydroxylation sites is 1. The van der Waals surface area contributed by atoms with Gasteiger partial charge in [-0.3, -0.25) is 4.98 Å². The van der Waals surface area contributed by atoms with Crippen LogP contribution in [0.4, 0.5) is 11.4 Å². The Hall–Kier alpha value is -1.81. The third kappa shape index (κ3) is 2.68. The van der Waals surface area contributed by atoms with Crippen molar-refractivity contribution in [2.24, 2.45) is 5.92 Å². The fourth-order valence-corrected chi connectivity index (χ4v) is 3.52. The molecule has 2 aromatic rings. The molecule has 4 nitrogen and oxygen atoms in total. The Morgan fingerprint density at radius 1 is 1.43 bits per heavy atom. The van der Waals surface area contributed by atoms with Gasteiger partial charge in [-0.15, -0.1) is 0 Å². The number of nitrogens with two attached hydrogens (primary N) is 1. The minimum absolute atomic E-state index is 0.132. The maximum absolute atomic E-state index is 9.96. The Balaban J connectivity index is 2.02. The molecular weight excluding hydrogens is 262 g/mol. The van der Waals surface area contributed by atoms with E-state index in [1.807, 2.05) is 24.3 Å². The molecule has 0 radical (unpaired) electrons. The van der Waals surface area contributed by atoms with Gasteiger partial charge in [-0.2, -0.15) is 0 Å². The van der Waals surface area contributed by atoms with Crippen LogP contribution in [0.1, 0.15) is 32.6 Å². The lowest BCUT2D eigenvalue weighted by Crippen LogP contribution is -2.46. The molecule has 0 aliphatic heterocycles. The van der Waals surface area contributed by atoms with Crippen molar-refractivity contribution in [1.29, 1.82) is 0 Å². The number of hydrogen-bond acceptors (Lipinski definition) is 4. The Bertz CT molecular complexity index is 643.